The summed E-state index contributed by atoms with van der Waals surface area (Å²) in [6.07, 6.45) is 7.65. The second kappa shape index (κ2) is 11.4. The number of likely N-dealkylation sites (tertiary alicyclic amines) is 1. The van der Waals surface area contributed by atoms with E-state index in [2.05, 4.69) is 32.2 Å². The predicted molar refractivity (Wildman–Crippen MR) is 147 cm³/mol. The molecule has 1 aromatic heterocycles. The fourth-order valence-corrected chi connectivity index (χ4v) is 6.94. The van der Waals surface area contributed by atoms with E-state index in [1.165, 1.54) is 5.56 Å². The summed E-state index contributed by atoms with van der Waals surface area (Å²) in [5.74, 6) is 0.579. The van der Waals surface area contributed by atoms with Crippen molar-refractivity contribution in [3.05, 3.63) is 48.2 Å². The van der Waals surface area contributed by atoms with Gasteiger partial charge in [-0.25, -0.2) is 9.78 Å². The number of hydrogen-bond acceptors (Lipinski definition) is 8. The number of carboxylic acids is 1. The second-order valence-corrected chi connectivity index (χ2v) is 11.3. The van der Waals surface area contributed by atoms with E-state index in [9.17, 15) is 14.7 Å². The number of carbonyl (C=O) groups excluding carboxylic acids is 1. The van der Waals surface area contributed by atoms with Crippen molar-refractivity contribution in [1.82, 2.24) is 19.8 Å². The third-order valence-corrected chi connectivity index (χ3v) is 9.03. The molecule has 0 spiro atoms. The van der Waals surface area contributed by atoms with Gasteiger partial charge in [0.25, 0.3) is 0 Å². The number of aliphatic carboxylic acids is 1. The summed E-state index contributed by atoms with van der Waals surface area (Å²) in [4.78, 5) is 40.4. The first-order valence-corrected chi connectivity index (χ1v) is 14.4. The van der Waals surface area contributed by atoms with E-state index in [1.54, 1.807) is 6.20 Å². The highest BCUT2D eigenvalue weighted by Gasteiger charge is 2.51. The lowest BCUT2D eigenvalue weighted by molar-refractivity contribution is -0.143. The number of hydrogen-bond donors (Lipinski definition) is 2. The molecule has 3 unspecified atom stereocenters. The molecule has 10 heteroatoms. The van der Waals surface area contributed by atoms with Gasteiger partial charge in [0, 0.05) is 37.9 Å². The molecule has 0 radical (unpaired) electrons. The molecular formula is C29H38N6O4. The molecule has 6 rings (SSSR count). The van der Waals surface area contributed by atoms with Gasteiger partial charge in [-0.2, -0.15) is 4.98 Å². The van der Waals surface area contributed by atoms with Crippen molar-refractivity contribution in [2.45, 2.75) is 75.7 Å². The zero-order valence-corrected chi connectivity index (χ0v) is 22.3. The van der Waals surface area contributed by atoms with Crippen molar-refractivity contribution in [2.75, 3.05) is 36.4 Å². The molecule has 1 aliphatic carbocycles. The number of piperidine rings is 2. The Bertz CT molecular complexity index is 1150. The van der Waals surface area contributed by atoms with Gasteiger partial charge in [-0.3, -0.25) is 14.6 Å². The van der Waals surface area contributed by atoms with E-state index < -0.39 is 5.97 Å². The fourth-order valence-electron chi connectivity index (χ4n) is 6.94. The van der Waals surface area contributed by atoms with Crippen LogP contribution in [-0.4, -0.2) is 87.3 Å². The number of aromatic nitrogens is 2. The molecule has 1 amide bonds. The molecule has 4 heterocycles. The molecule has 2 N–H and O–H groups in total. The topological polar surface area (TPSA) is 111 Å². The molecule has 4 fully saturated rings. The van der Waals surface area contributed by atoms with E-state index >= 15 is 0 Å². The smallest absolute Gasteiger partial charge is 0.410 e. The van der Waals surface area contributed by atoms with Crippen LogP contribution in [0.25, 0.3) is 0 Å². The van der Waals surface area contributed by atoms with Crippen LogP contribution in [0.15, 0.2) is 42.6 Å². The Balaban J connectivity index is 1.05. The molecule has 2 aromatic rings. The highest BCUT2D eigenvalue weighted by molar-refractivity contribution is 5.72. The number of benzene rings is 1. The van der Waals surface area contributed by atoms with Crippen molar-refractivity contribution in [3.63, 3.8) is 0 Å². The summed E-state index contributed by atoms with van der Waals surface area (Å²) in [5.41, 5.74) is 1.18. The number of rotatable bonds is 7. The van der Waals surface area contributed by atoms with Gasteiger partial charge >= 0.3 is 12.1 Å². The van der Waals surface area contributed by atoms with Crippen molar-refractivity contribution in [1.29, 1.82) is 0 Å². The quantitative estimate of drug-likeness (QED) is 0.550. The van der Waals surface area contributed by atoms with Crippen molar-refractivity contribution in [3.8, 4) is 0 Å². The predicted octanol–water partition coefficient (Wildman–Crippen LogP) is 3.60. The number of amides is 1. The normalized spacial score (nSPS) is 26.8. The number of carbonyl (C=O) groups is 2. The number of nitrogens with one attached hydrogen (secondary N) is 1. The first-order valence-electron chi connectivity index (χ1n) is 14.4. The molecule has 3 aliphatic heterocycles. The average molecular weight is 535 g/mol. The highest BCUT2D eigenvalue weighted by Crippen LogP contribution is 2.39. The van der Waals surface area contributed by atoms with Crippen LogP contribution in [0.5, 0.6) is 0 Å². The molecule has 10 nitrogen and oxygen atoms in total. The number of nitrogens with zero attached hydrogens (tertiary/aromatic N) is 5. The lowest BCUT2D eigenvalue weighted by Crippen LogP contribution is -2.56. The molecule has 0 bridgehead atoms. The largest absolute Gasteiger partial charge is 0.481 e. The Labute approximate surface area is 229 Å². The Kier molecular flexibility index (Phi) is 7.54. The standard InChI is InChI=1S/C29H38N6O4/c36-27(37)21-10-15-33(16-11-21)23-7-4-8-24-26(23)39-29(38)35(24)22-12-17-34(18-13-22)25-9-14-30-28(32-25)31-19-20-5-2-1-3-6-20/h1-3,5-6,9,14,21-24,26H,4,7-8,10-13,15-19H2,(H,36,37)(H,30,31,32). The van der Waals surface area contributed by atoms with Gasteiger partial charge in [0.1, 0.15) is 11.9 Å². The molecule has 3 atom stereocenters. The lowest BCUT2D eigenvalue weighted by atomic mass is 9.84. The van der Waals surface area contributed by atoms with E-state index in [-0.39, 0.29) is 36.2 Å². The summed E-state index contributed by atoms with van der Waals surface area (Å²) in [6, 6.07) is 12.6. The maximum Gasteiger partial charge on any atom is 0.410 e. The Morgan fingerprint density at radius 1 is 0.974 bits per heavy atom. The minimum absolute atomic E-state index is 0.109. The van der Waals surface area contributed by atoms with Gasteiger partial charge in [0.15, 0.2) is 0 Å². The molecular weight excluding hydrogens is 496 g/mol. The third-order valence-electron chi connectivity index (χ3n) is 9.03. The number of ether oxygens (including phenoxy) is 1. The van der Waals surface area contributed by atoms with E-state index in [0.29, 0.717) is 25.3 Å². The SMILES string of the molecule is O=C(O)C1CCN(C2CCCC3C2OC(=O)N3C2CCN(c3ccnc(NCc4ccccc4)n3)CC2)CC1. The van der Waals surface area contributed by atoms with Gasteiger partial charge < -0.3 is 20.1 Å². The van der Waals surface area contributed by atoms with Gasteiger partial charge in [0.2, 0.25) is 5.95 Å². The number of carboxylic acid groups (broad SMARTS) is 1. The molecule has 1 saturated carbocycles. The summed E-state index contributed by atoms with van der Waals surface area (Å²) in [5, 5.41) is 12.7. The monoisotopic (exact) mass is 534 g/mol. The van der Waals surface area contributed by atoms with Crippen LogP contribution < -0.4 is 10.2 Å². The first kappa shape index (κ1) is 25.9. The second-order valence-electron chi connectivity index (χ2n) is 11.3. The summed E-state index contributed by atoms with van der Waals surface area (Å²) < 4.78 is 6.05. The van der Waals surface area contributed by atoms with Crippen LogP contribution >= 0.6 is 0 Å². The van der Waals surface area contributed by atoms with E-state index in [0.717, 1.165) is 64.1 Å². The van der Waals surface area contributed by atoms with Gasteiger partial charge in [0.05, 0.1) is 12.0 Å². The Morgan fingerprint density at radius 2 is 1.72 bits per heavy atom. The lowest BCUT2D eigenvalue weighted by Gasteiger charge is -2.44. The molecule has 1 aromatic carbocycles. The number of fused-ring (bicyclic) bond motifs is 1. The molecule has 4 aliphatic rings. The minimum atomic E-state index is -0.692. The average Bonchev–Trinajstić information content (AvgIpc) is 3.32. The fraction of sp³-hybridized carbons (Fsp3) is 0.586. The highest BCUT2D eigenvalue weighted by atomic mass is 16.6. The third kappa shape index (κ3) is 5.52. The van der Waals surface area contributed by atoms with E-state index in [4.69, 9.17) is 9.72 Å². The maximum atomic E-state index is 13.2. The number of anilines is 2. The van der Waals surface area contributed by atoms with Crippen LogP contribution in [0.3, 0.4) is 0 Å². The summed E-state index contributed by atoms with van der Waals surface area (Å²) in [7, 11) is 0. The van der Waals surface area contributed by atoms with Crippen LogP contribution in [0, 0.1) is 5.92 Å². The van der Waals surface area contributed by atoms with Crippen LogP contribution in [-0.2, 0) is 16.1 Å². The summed E-state index contributed by atoms with van der Waals surface area (Å²) >= 11 is 0. The zero-order valence-electron chi connectivity index (χ0n) is 22.3. The summed E-state index contributed by atoms with van der Waals surface area (Å²) in [6.45, 7) is 3.86. The van der Waals surface area contributed by atoms with Crippen molar-refractivity contribution >= 4 is 23.8 Å². The van der Waals surface area contributed by atoms with Crippen molar-refractivity contribution in [2.24, 2.45) is 5.92 Å². The van der Waals surface area contributed by atoms with Gasteiger partial charge in [-0.15, -0.1) is 0 Å². The van der Waals surface area contributed by atoms with Gasteiger partial charge in [-0.05, 0) is 69.7 Å². The molecule has 39 heavy (non-hydrogen) atoms. The zero-order chi connectivity index (χ0) is 26.8. The van der Waals surface area contributed by atoms with Crippen LogP contribution in [0.2, 0.25) is 0 Å². The Hall–Kier alpha value is -3.40. The Morgan fingerprint density at radius 3 is 2.46 bits per heavy atom. The van der Waals surface area contributed by atoms with Gasteiger partial charge in [-0.1, -0.05) is 30.3 Å². The molecule has 3 saturated heterocycles. The van der Waals surface area contributed by atoms with Crippen LogP contribution in [0.4, 0.5) is 16.6 Å². The molecule has 208 valence electrons. The van der Waals surface area contributed by atoms with Crippen molar-refractivity contribution < 1.29 is 19.4 Å². The minimum Gasteiger partial charge on any atom is -0.481 e. The van der Waals surface area contributed by atoms with Crippen LogP contribution in [0.1, 0.15) is 50.5 Å². The maximum absolute atomic E-state index is 13.2. The first-order chi connectivity index (χ1) is 19.1. The van der Waals surface area contributed by atoms with E-state index in [1.807, 2.05) is 29.2 Å².